The molecule has 0 N–H and O–H groups in total. The zero-order chi connectivity index (χ0) is 18.8. The third kappa shape index (κ3) is 3.32. The van der Waals surface area contributed by atoms with Crippen molar-refractivity contribution in [3.05, 3.63) is 71.5 Å². The van der Waals surface area contributed by atoms with Crippen LogP contribution in [0.25, 0.3) is 16.8 Å². The van der Waals surface area contributed by atoms with Gasteiger partial charge in [-0.25, -0.2) is 4.79 Å². The van der Waals surface area contributed by atoms with E-state index in [0.717, 1.165) is 11.1 Å². The van der Waals surface area contributed by atoms with Gasteiger partial charge in [-0.1, -0.05) is 30.3 Å². The predicted octanol–water partition coefficient (Wildman–Crippen LogP) is 4.02. The summed E-state index contributed by atoms with van der Waals surface area (Å²) in [5, 5.41) is 12.1. The highest BCUT2D eigenvalue weighted by Gasteiger charge is 2.11. The van der Waals surface area contributed by atoms with Crippen LogP contribution in [0.1, 0.15) is 10.4 Å². The molecule has 2 aromatic carbocycles. The summed E-state index contributed by atoms with van der Waals surface area (Å²) in [7, 11) is 1.35. The maximum atomic E-state index is 11.6. The Labute approximate surface area is 159 Å². The molecule has 134 valence electrons. The number of carbonyl (C=O) groups is 1. The van der Waals surface area contributed by atoms with E-state index in [1.165, 1.54) is 11.6 Å². The lowest BCUT2D eigenvalue weighted by Crippen LogP contribution is -2.00. The van der Waals surface area contributed by atoms with Gasteiger partial charge in [-0.2, -0.15) is 4.52 Å². The van der Waals surface area contributed by atoms with E-state index in [9.17, 15) is 4.79 Å². The van der Waals surface area contributed by atoms with Crippen LogP contribution in [0.15, 0.2) is 60.7 Å². The van der Waals surface area contributed by atoms with E-state index >= 15 is 0 Å². The van der Waals surface area contributed by atoms with Crippen molar-refractivity contribution in [2.75, 3.05) is 7.11 Å². The normalized spacial score (nSPS) is 10.7. The fraction of sp³-hybridized carbons (Fsp3) is 0.0526. The van der Waals surface area contributed by atoms with Crippen molar-refractivity contribution in [2.45, 2.75) is 0 Å². The number of nitrogens with zero attached hydrogens (tertiary/aromatic N) is 4. The third-order valence-electron chi connectivity index (χ3n) is 3.92. The molecule has 0 spiro atoms. The molecule has 0 unspecified atom stereocenters. The minimum Gasteiger partial charge on any atom is -0.465 e. The molecule has 4 aromatic rings. The van der Waals surface area contributed by atoms with Crippen LogP contribution in [-0.2, 0) is 4.74 Å². The molecule has 8 heteroatoms. The van der Waals surface area contributed by atoms with Crippen molar-refractivity contribution in [1.29, 1.82) is 0 Å². The molecule has 2 aromatic heterocycles. The summed E-state index contributed by atoms with van der Waals surface area (Å²) < 4.78 is 12.1. The van der Waals surface area contributed by atoms with Gasteiger partial charge in [0.25, 0.3) is 0 Å². The number of hydrogen-bond donors (Lipinski definition) is 0. The first-order valence-corrected chi connectivity index (χ1v) is 8.37. The molecular formula is C19H13ClN4O3. The Bertz CT molecular complexity index is 1130. The largest absolute Gasteiger partial charge is 0.465 e. The molecule has 27 heavy (non-hydrogen) atoms. The molecule has 0 aliphatic carbocycles. The van der Waals surface area contributed by atoms with Crippen LogP contribution >= 0.6 is 11.6 Å². The molecule has 0 amide bonds. The van der Waals surface area contributed by atoms with Gasteiger partial charge in [0.05, 0.1) is 12.7 Å². The average Bonchev–Trinajstić information content (AvgIpc) is 3.08. The molecule has 0 saturated heterocycles. The standard InChI is InChI=1S/C19H13ClN4O3/c1-26-18(25)13-8-6-12(7-9-13)14-4-2-3-5-15(14)27-17-11-10-16-21-22-19(20)24(16)23-17/h2-11H,1H3. The number of rotatable bonds is 4. The van der Waals surface area contributed by atoms with E-state index in [-0.39, 0.29) is 11.3 Å². The minimum atomic E-state index is -0.380. The van der Waals surface area contributed by atoms with Crippen LogP contribution in [0, 0.1) is 0 Å². The van der Waals surface area contributed by atoms with Crippen LogP contribution in [0.4, 0.5) is 0 Å². The molecule has 0 saturated carbocycles. The smallest absolute Gasteiger partial charge is 0.337 e. The quantitative estimate of drug-likeness (QED) is 0.497. The summed E-state index contributed by atoms with van der Waals surface area (Å²) in [4.78, 5) is 11.6. The average molecular weight is 381 g/mol. The Kier molecular flexibility index (Phi) is 4.43. The molecule has 2 heterocycles. The number of esters is 1. The highest BCUT2D eigenvalue weighted by molar-refractivity contribution is 6.28. The summed E-state index contributed by atoms with van der Waals surface area (Å²) in [6, 6.07) is 18.0. The first-order chi connectivity index (χ1) is 13.2. The Morgan fingerprint density at radius 3 is 2.56 bits per heavy atom. The van der Waals surface area contributed by atoms with Gasteiger partial charge < -0.3 is 9.47 Å². The Hall–Kier alpha value is -3.45. The first kappa shape index (κ1) is 17.0. The summed E-state index contributed by atoms with van der Waals surface area (Å²) in [6.07, 6.45) is 0. The van der Waals surface area contributed by atoms with Crippen LogP contribution in [0.2, 0.25) is 5.28 Å². The van der Waals surface area contributed by atoms with Crippen molar-refractivity contribution >= 4 is 23.2 Å². The number of benzene rings is 2. The van der Waals surface area contributed by atoms with E-state index in [1.807, 2.05) is 36.4 Å². The molecule has 4 rings (SSSR count). The molecule has 7 nitrogen and oxygen atoms in total. The first-order valence-electron chi connectivity index (χ1n) is 7.99. The summed E-state index contributed by atoms with van der Waals surface area (Å²) in [5.41, 5.74) is 2.75. The van der Waals surface area contributed by atoms with Crippen molar-refractivity contribution in [2.24, 2.45) is 0 Å². The van der Waals surface area contributed by atoms with E-state index in [4.69, 9.17) is 21.1 Å². The number of carbonyl (C=O) groups excluding carboxylic acids is 1. The SMILES string of the molecule is COC(=O)c1ccc(-c2ccccc2Oc2ccc3nnc(Cl)n3n2)cc1. The second-order valence-electron chi connectivity index (χ2n) is 5.58. The summed E-state index contributed by atoms with van der Waals surface area (Å²) in [6.45, 7) is 0. The van der Waals surface area contributed by atoms with Crippen LogP contribution < -0.4 is 4.74 Å². The van der Waals surface area contributed by atoms with Gasteiger partial charge in [0, 0.05) is 11.6 Å². The van der Waals surface area contributed by atoms with Gasteiger partial charge in [-0.15, -0.1) is 15.3 Å². The lowest BCUT2D eigenvalue weighted by Gasteiger charge is -2.11. The van der Waals surface area contributed by atoms with Crippen LogP contribution in [-0.4, -0.2) is 32.9 Å². The zero-order valence-electron chi connectivity index (χ0n) is 14.2. The summed E-state index contributed by atoms with van der Waals surface area (Å²) in [5.74, 6) is 0.580. The van der Waals surface area contributed by atoms with Gasteiger partial charge in [0.15, 0.2) is 5.65 Å². The van der Waals surface area contributed by atoms with Crippen LogP contribution in [0.3, 0.4) is 0 Å². The maximum Gasteiger partial charge on any atom is 0.337 e. The van der Waals surface area contributed by atoms with E-state index in [2.05, 4.69) is 15.3 Å². The Morgan fingerprint density at radius 2 is 1.78 bits per heavy atom. The fourth-order valence-electron chi connectivity index (χ4n) is 2.61. The lowest BCUT2D eigenvalue weighted by molar-refractivity contribution is 0.0601. The van der Waals surface area contributed by atoms with Crippen molar-refractivity contribution in [1.82, 2.24) is 19.8 Å². The number of hydrogen-bond acceptors (Lipinski definition) is 6. The van der Waals surface area contributed by atoms with Gasteiger partial charge in [-0.05, 0) is 41.4 Å². The predicted molar refractivity (Wildman–Crippen MR) is 99.1 cm³/mol. The molecular weight excluding hydrogens is 368 g/mol. The molecule has 0 fully saturated rings. The third-order valence-corrected chi connectivity index (χ3v) is 4.15. The van der Waals surface area contributed by atoms with Crippen molar-refractivity contribution < 1.29 is 14.3 Å². The molecule has 0 aliphatic heterocycles. The second-order valence-corrected chi connectivity index (χ2v) is 5.92. The molecule has 0 bridgehead atoms. The van der Waals surface area contributed by atoms with E-state index in [0.29, 0.717) is 22.8 Å². The maximum absolute atomic E-state index is 11.6. The number of halogens is 1. The van der Waals surface area contributed by atoms with Gasteiger partial charge in [0.2, 0.25) is 11.2 Å². The van der Waals surface area contributed by atoms with E-state index < -0.39 is 0 Å². The highest BCUT2D eigenvalue weighted by Crippen LogP contribution is 2.32. The van der Waals surface area contributed by atoms with Gasteiger partial charge in [0.1, 0.15) is 5.75 Å². The zero-order valence-corrected chi connectivity index (χ0v) is 14.9. The lowest BCUT2D eigenvalue weighted by atomic mass is 10.0. The number of ether oxygens (including phenoxy) is 2. The van der Waals surface area contributed by atoms with E-state index in [1.54, 1.807) is 24.3 Å². The second kappa shape index (κ2) is 7.05. The molecule has 0 aliphatic rings. The Morgan fingerprint density at radius 1 is 1.00 bits per heavy atom. The van der Waals surface area contributed by atoms with Gasteiger partial charge >= 0.3 is 5.97 Å². The highest BCUT2D eigenvalue weighted by atomic mass is 35.5. The summed E-state index contributed by atoms with van der Waals surface area (Å²) >= 11 is 5.96. The fourth-order valence-corrected chi connectivity index (χ4v) is 2.77. The number of para-hydroxylation sites is 1. The number of aromatic nitrogens is 4. The van der Waals surface area contributed by atoms with Crippen LogP contribution in [0.5, 0.6) is 11.6 Å². The molecule has 0 radical (unpaired) electrons. The van der Waals surface area contributed by atoms with Crippen molar-refractivity contribution in [3.8, 4) is 22.8 Å². The van der Waals surface area contributed by atoms with Gasteiger partial charge in [-0.3, -0.25) is 0 Å². The monoisotopic (exact) mass is 380 g/mol. The minimum absolute atomic E-state index is 0.155. The number of fused-ring (bicyclic) bond motifs is 1. The van der Waals surface area contributed by atoms with Crippen molar-refractivity contribution in [3.63, 3.8) is 0 Å². The number of methoxy groups -OCH3 is 1. The Balaban J connectivity index is 1.68. The topological polar surface area (TPSA) is 78.6 Å². The molecule has 0 atom stereocenters.